The Labute approximate surface area is 211 Å². The zero-order valence-corrected chi connectivity index (χ0v) is 22.4. The minimum atomic E-state index is -0.147. The minimum absolute atomic E-state index is 0.147. The third kappa shape index (κ3) is 8.65. The summed E-state index contributed by atoms with van der Waals surface area (Å²) in [5.74, 6) is 0.815. The second-order valence-corrected chi connectivity index (χ2v) is 9.25. The summed E-state index contributed by atoms with van der Waals surface area (Å²) in [5, 5.41) is 4.40. The van der Waals surface area contributed by atoms with E-state index in [1.54, 1.807) is 6.08 Å². The van der Waals surface area contributed by atoms with Crippen LogP contribution in [0.1, 0.15) is 73.1 Å². The standard InChI is InChI=1S/C30H44N2O3/c1-7-10-19-32-27-22-25(31-18-17-24(6)14-12-13-23(4)5)15-16-26(27)28(35-21-11-8-2)29(30(32)33)34-20-9-3/h9,13,15-17,22,31H,3,7-8,10-12,14,18-21H2,1-2,4-6H3/b24-17+. The van der Waals surface area contributed by atoms with Crippen molar-refractivity contribution in [3.63, 3.8) is 0 Å². The number of hydrogen-bond acceptors (Lipinski definition) is 4. The Balaban J connectivity index is 2.41. The van der Waals surface area contributed by atoms with Gasteiger partial charge in [0.25, 0.3) is 5.56 Å². The molecule has 0 saturated heterocycles. The van der Waals surface area contributed by atoms with Crippen molar-refractivity contribution < 1.29 is 9.47 Å². The fourth-order valence-corrected chi connectivity index (χ4v) is 3.81. The van der Waals surface area contributed by atoms with Crippen LogP contribution < -0.4 is 20.3 Å². The summed E-state index contributed by atoms with van der Waals surface area (Å²) in [6.45, 7) is 16.6. The van der Waals surface area contributed by atoms with Crippen LogP contribution in [0.15, 0.2) is 58.9 Å². The van der Waals surface area contributed by atoms with E-state index in [1.165, 1.54) is 11.1 Å². The summed E-state index contributed by atoms with van der Waals surface area (Å²) in [5.41, 5.74) is 4.43. The van der Waals surface area contributed by atoms with Gasteiger partial charge in [-0.05, 0) is 64.7 Å². The maximum absolute atomic E-state index is 13.5. The number of nitrogens with one attached hydrogen (secondary N) is 1. The Hall–Kier alpha value is -2.95. The number of pyridine rings is 1. The van der Waals surface area contributed by atoms with Crippen LogP contribution in [0.2, 0.25) is 0 Å². The average Bonchev–Trinajstić information content (AvgIpc) is 2.83. The predicted octanol–water partition coefficient (Wildman–Crippen LogP) is 7.65. The topological polar surface area (TPSA) is 52.5 Å². The molecule has 0 radical (unpaired) electrons. The number of hydrogen-bond donors (Lipinski definition) is 1. The highest BCUT2D eigenvalue weighted by Crippen LogP contribution is 2.34. The minimum Gasteiger partial charge on any atom is -0.489 e. The second-order valence-electron chi connectivity index (χ2n) is 9.25. The third-order valence-electron chi connectivity index (χ3n) is 5.85. The van der Waals surface area contributed by atoms with Crippen LogP contribution in [0.25, 0.3) is 10.9 Å². The molecule has 35 heavy (non-hydrogen) atoms. The fourth-order valence-electron chi connectivity index (χ4n) is 3.81. The van der Waals surface area contributed by atoms with E-state index in [2.05, 4.69) is 64.7 Å². The first-order valence-electron chi connectivity index (χ1n) is 13.0. The summed E-state index contributed by atoms with van der Waals surface area (Å²) < 4.78 is 13.8. The summed E-state index contributed by atoms with van der Waals surface area (Å²) in [4.78, 5) is 13.5. The lowest BCUT2D eigenvalue weighted by Gasteiger charge is -2.19. The monoisotopic (exact) mass is 480 g/mol. The van der Waals surface area contributed by atoms with Crippen molar-refractivity contribution in [2.24, 2.45) is 0 Å². The van der Waals surface area contributed by atoms with Crippen LogP contribution in [-0.4, -0.2) is 24.3 Å². The molecule has 1 aromatic carbocycles. The number of ether oxygens (including phenoxy) is 2. The normalized spacial score (nSPS) is 11.4. The van der Waals surface area contributed by atoms with Crippen molar-refractivity contribution >= 4 is 16.6 Å². The Kier molecular flexibility index (Phi) is 12.2. The van der Waals surface area contributed by atoms with Gasteiger partial charge in [0.15, 0.2) is 5.75 Å². The second kappa shape index (κ2) is 15.1. The molecular formula is C30H44N2O3. The van der Waals surface area contributed by atoms with E-state index in [0.717, 1.165) is 61.7 Å². The maximum atomic E-state index is 13.5. The van der Waals surface area contributed by atoms with Crippen molar-refractivity contribution in [3.05, 3.63) is 64.5 Å². The molecule has 1 N–H and O–H groups in total. The molecular weight excluding hydrogens is 436 g/mol. The largest absolute Gasteiger partial charge is 0.489 e. The van der Waals surface area contributed by atoms with Gasteiger partial charge >= 0.3 is 0 Å². The van der Waals surface area contributed by atoms with Crippen molar-refractivity contribution in [2.75, 3.05) is 25.1 Å². The van der Waals surface area contributed by atoms with E-state index in [-0.39, 0.29) is 17.9 Å². The molecule has 0 bridgehead atoms. The first-order valence-corrected chi connectivity index (χ1v) is 13.0. The Morgan fingerprint density at radius 2 is 1.83 bits per heavy atom. The first kappa shape index (κ1) is 28.3. The number of aromatic nitrogens is 1. The van der Waals surface area contributed by atoms with E-state index in [4.69, 9.17) is 9.47 Å². The molecule has 5 heteroatoms. The van der Waals surface area contributed by atoms with Crippen LogP contribution in [-0.2, 0) is 6.54 Å². The maximum Gasteiger partial charge on any atom is 0.297 e. The van der Waals surface area contributed by atoms with Crippen molar-refractivity contribution in [2.45, 2.75) is 79.7 Å². The van der Waals surface area contributed by atoms with Crippen LogP contribution in [0.5, 0.6) is 11.5 Å². The van der Waals surface area contributed by atoms with E-state index in [0.29, 0.717) is 18.9 Å². The van der Waals surface area contributed by atoms with Gasteiger partial charge in [-0.15, -0.1) is 0 Å². The van der Waals surface area contributed by atoms with Gasteiger partial charge in [0.05, 0.1) is 12.1 Å². The number of nitrogens with zero attached hydrogens (tertiary/aromatic N) is 1. The number of rotatable bonds is 16. The summed E-state index contributed by atoms with van der Waals surface area (Å²) in [6.07, 6.45) is 12.1. The SMILES string of the molecule is C=CCOc1c(OCCCC)c2ccc(NC/C=C(\C)CCC=C(C)C)cc2n(CCCC)c1=O. The summed E-state index contributed by atoms with van der Waals surface area (Å²) >= 11 is 0. The van der Waals surface area contributed by atoms with Gasteiger partial charge in [0.2, 0.25) is 5.75 Å². The Morgan fingerprint density at radius 3 is 2.51 bits per heavy atom. The van der Waals surface area contributed by atoms with Crippen LogP contribution in [0.3, 0.4) is 0 Å². The lowest BCUT2D eigenvalue weighted by atomic mass is 10.1. The third-order valence-corrected chi connectivity index (χ3v) is 5.85. The number of aryl methyl sites for hydroxylation is 1. The molecule has 0 amide bonds. The zero-order chi connectivity index (χ0) is 25.6. The van der Waals surface area contributed by atoms with Crippen molar-refractivity contribution in [1.29, 1.82) is 0 Å². The number of allylic oxidation sites excluding steroid dienone is 3. The molecule has 2 rings (SSSR count). The molecule has 0 unspecified atom stereocenters. The molecule has 2 aromatic rings. The predicted molar refractivity (Wildman–Crippen MR) is 150 cm³/mol. The molecule has 0 aliphatic carbocycles. The smallest absolute Gasteiger partial charge is 0.297 e. The molecule has 1 aromatic heterocycles. The molecule has 0 aliphatic heterocycles. The van der Waals surface area contributed by atoms with E-state index < -0.39 is 0 Å². The summed E-state index contributed by atoms with van der Waals surface area (Å²) in [6, 6.07) is 6.14. The number of anilines is 1. The zero-order valence-electron chi connectivity index (χ0n) is 22.4. The molecule has 0 aliphatic rings. The van der Waals surface area contributed by atoms with Gasteiger partial charge in [-0.1, -0.05) is 62.6 Å². The highest BCUT2D eigenvalue weighted by molar-refractivity contribution is 5.90. The van der Waals surface area contributed by atoms with E-state index in [1.807, 2.05) is 16.7 Å². The van der Waals surface area contributed by atoms with Gasteiger partial charge < -0.3 is 19.4 Å². The van der Waals surface area contributed by atoms with Gasteiger partial charge in [0, 0.05) is 24.2 Å². The molecule has 5 nitrogen and oxygen atoms in total. The van der Waals surface area contributed by atoms with Gasteiger partial charge in [-0.25, -0.2) is 0 Å². The number of fused-ring (bicyclic) bond motifs is 1. The quantitative estimate of drug-likeness (QED) is 0.198. The fraction of sp³-hybridized carbons (Fsp3) is 0.500. The van der Waals surface area contributed by atoms with E-state index >= 15 is 0 Å². The molecule has 0 fully saturated rings. The van der Waals surface area contributed by atoms with Gasteiger partial charge in [-0.3, -0.25) is 4.79 Å². The van der Waals surface area contributed by atoms with E-state index in [9.17, 15) is 4.79 Å². The molecule has 0 spiro atoms. The van der Waals surface area contributed by atoms with Gasteiger partial charge in [0.1, 0.15) is 6.61 Å². The van der Waals surface area contributed by atoms with Crippen molar-refractivity contribution in [3.8, 4) is 11.5 Å². The average molecular weight is 481 g/mol. The Bertz CT molecular complexity index is 1080. The lowest BCUT2D eigenvalue weighted by Crippen LogP contribution is -2.24. The summed E-state index contributed by atoms with van der Waals surface area (Å²) in [7, 11) is 0. The van der Waals surface area contributed by atoms with Crippen LogP contribution in [0.4, 0.5) is 5.69 Å². The van der Waals surface area contributed by atoms with Crippen molar-refractivity contribution in [1.82, 2.24) is 4.57 Å². The highest BCUT2D eigenvalue weighted by Gasteiger charge is 2.20. The number of unbranched alkanes of at least 4 members (excludes halogenated alkanes) is 2. The molecule has 0 atom stereocenters. The molecule has 0 saturated carbocycles. The first-order chi connectivity index (χ1) is 16.9. The molecule has 192 valence electrons. The lowest BCUT2D eigenvalue weighted by molar-refractivity contribution is 0.278. The number of benzene rings is 1. The Morgan fingerprint density at radius 1 is 1.06 bits per heavy atom. The van der Waals surface area contributed by atoms with Crippen LogP contribution in [0, 0.1) is 0 Å². The van der Waals surface area contributed by atoms with Crippen LogP contribution >= 0.6 is 0 Å². The highest BCUT2D eigenvalue weighted by atomic mass is 16.5. The molecule has 1 heterocycles. The van der Waals surface area contributed by atoms with Gasteiger partial charge in [-0.2, -0.15) is 0 Å².